The highest BCUT2D eigenvalue weighted by atomic mass is 19.4. The van der Waals surface area contributed by atoms with E-state index in [4.69, 9.17) is 0 Å². The summed E-state index contributed by atoms with van der Waals surface area (Å²) in [5, 5.41) is 0. The number of fused-ring (bicyclic) bond motifs is 9. The van der Waals surface area contributed by atoms with Crippen LogP contribution in [0.1, 0.15) is 26.2 Å². The van der Waals surface area contributed by atoms with Crippen molar-refractivity contribution < 1.29 is 36.2 Å². The van der Waals surface area contributed by atoms with Crippen LogP contribution in [0, 0.1) is 41.4 Å². The van der Waals surface area contributed by atoms with Crippen LogP contribution >= 0.6 is 0 Å². The molecule has 3 fully saturated rings. The SMILES string of the molecule is CCOC(OC(=O)C1CC2CC1C1C3C=CC(C3)C21)(C(F)F)C(F)(F)F. The van der Waals surface area contributed by atoms with Gasteiger partial charge in [-0.2, -0.15) is 13.2 Å². The van der Waals surface area contributed by atoms with Crippen LogP contribution in [0.2, 0.25) is 0 Å². The first-order chi connectivity index (χ1) is 12.2. The van der Waals surface area contributed by atoms with Gasteiger partial charge < -0.3 is 9.47 Å². The molecule has 3 nitrogen and oxygen atoms in total. The maximum absolute atomic E-state index is 13.3. The molecule has 8 unspecified atom stereocenters. The monoisotopic (exact) mass is 380 g/mol. The standard InChI is InChI=1S/C18H21F5O3/c1-2-25-17(16(19)20,18(21,22)23)26-15(24)12-7-10-6-11(12)14-9-4-3-8(5-9)13(10)14/h3-4,8-14,16H,2,5-7H2,1H3. The molecule has 8 heteroatoms. The van der Waals surface area contributed by atoms with E-state index < -0.39 is 36.9 Å². The minimum absolute atomic E-state index is 0.0808. The van der Waals surface area contributed by atoms with Crippen LogP contribution in [0.4, 0.5) is 22.0 Å². The van der Waals surface area contributed by atoms with Crippen molar-refractivity contribution in [3.05, 3.63) is 12.2 Å². The van der Waals surface area contributed by atoms with Crippen LogP contribution in [-0.4, -0.2) is 31.0 Å². The number of ether oxygens (including phenoxy) is 2. The van der Waals surface area contributed by atoms with E-state index in [1.165, 1.54) is 0 Å². The first-order valence-corrected chi connectivity index (χ1v) is 9.09. The summed E-state index contributed by atoms with van der Waals surface area (Å²) in [5.74, 6) is -4.36. The summed E-state index contributed by atoms with van der Waals surface area (Å²) in [6.07, 6.45) is -2.95. The van der Waals surface area contributed by atoms with E-state index in [-0.39, 0.29) is 17.8 Å². The largest absolute Gasteiger partial charge is 0.462 e. The van der Waals surface area contributed by atoms with Crippen LogP contribution in [0.5, 0.6) is 0 Å². The minimum Gasteiger partial charge on any atom is -0.418 e. The van der Waals surface area contributed by atoms with Crippen LogP contribution in [0.25, 0.3) is 0 Å². The molecule has 0 N–H and O–H groups in total. The number of carbonyl (C=O) groups is 1. The highest BCUT2D eigenvalue weighted by molar-refractivity contribution is 5.74. The molecular formula is C18H21F5O3. The predicted molar refractivity (Wildman–Crippen MR) is 79.9 cm³/mol. The Kier molecular flexibility index (Phi) is 4.13. The van der Waals surface area contributed by atoms with Gasteiger partial charge in [0.25, 0.3) is 0 Å². The zero-order chi connectivity index (χ0) is 18.9. The summed E-state index contributed by atoms with van der Waals surface area (Å²) in [7, 11) is 0. The van der Waals surface area contributed by atoms with Gasteiger partial charge in [0, 0.05) is 6.61 Å². The average molecular weight is 380 g/mol. The topological polar surface area (TPSA) is 35.5 Å². The molecule has 0 aromatic rings. The third kappa shape index (κ3) is 2.36. The number of halogens is 5. The molecule has 0 aromatic heterocycles. The molecule has 26 heavy (non-hydrogen) atoms. The van der Waals surface area contributed by atoms with Crippen LogP contribution in [-0.2, 0) is 14.3 Å². The van der Waals surface area contributed by atoms with Crippen LogP contribution in [0.3, 0.4) is 0 Å². The van der Waals surface area contributed by atoms with Crippen molar-refractivity contribution in [2.75, 3.05) is 6.61 Å². The number of alkyl halides is 5. The van der Waals surface area contributed by atoms with Gasteiger partial charge in [0.05, 0.1) is 5.92 Å². The quantitative estimate of drug-likeness (QED) is 0.236. The Morgan fingerprint density at radius 3 is 2.35 bits per heavy atom. The van der Waals surface area contributed by atoms with E-state index >= 15 is 0 Å². The van der Waals surface area contributed by atoms with E-state index in [9.17, 15) is 26.7 Å². The van der Waals surface area contributed by atoms with E-state index in [0.29, 0.717) is 24.2 Å². The number of hydrogen-bond acceptors (Lipinski definition) is 3. The number of esters is 1. The first-order valence-electron chi connectivity index (χ1n) is 9.09. The maximum Gasteiger partial charge on any atom is 0.462 e. The zero-order valence-electron chi connectivity index (χ0n) is 14.2. The van der Waals surface area contributed by atoms with Crippen LogP contribution in [0.15, 0.2) is 12.2 Å². The van der Waals surface area contributed by atoms with Crippen molar-refractivity contribution in [3.63, 3.8) is 0 Å². The summed E-state index contributed by atoms with van der Waals surface area (Å²) >= 11 is 0. The molecule has 146 valence electrons. The van der Waals surface area contributed by atoms with Gasteiger partial charge in [0.2, 0.25) is 0 Å². The van der Waals surface area contributed by atoms with Gasteiger partial charge in [-0.1, -0.05) is 12.2 Å². The Bertz CT molecular complexity index is 618. The molecule has 4 rings (SSSR count). The lowest BCUT2D eigenvalue weighted by molar-refractivity contribution is -0.401. The minimum atomic E-state index is -5.51. The molecule has 0 saturated heterocycles. The highest BCUT2D eigenvalue weighted by Gasteiger charge is 2.69. The van der Waals surface area contributed by atoms with Crippen molar-refractivity contribution in [1.82, 2.24) is 0 Å². The van der Waals surface area contributed by atoms with Crippen molar-refractivity contribution in [3.8, 4) is 0 Å². The molecule has 0 heterocycles. The lowest BCUT2D eigenvalue weighted by atomic mass is 9.69. The molecule has 0 amide bonds. The Hall–Kier alpha value is -1.18. The highest BCUT2D eigenvalue weighted by Crippen LogP contribution is 2.67. The van der Waals surface area contributed by atoms with E-state index in [1.54, 1.807) is 0 Å². The summed E-state index contributed by atoms with van der Waals surface area (Å²) in [6, 6.07) is 0. The second kappa shape index (κ2) is 5.91. The fourth-order valence-corrected chi connectivity index (χ4v) is 6.13. The summed E-state index contributed by atoms with van der Waals surface area (Å²) in [5.41, 5.74) is 0. The summed E-state index contributed by atoms with van der Waals surface area (Å²) < 4.78 is 75.1. The molecule has 0 spiro atoms. The van der Waals surface area contributed by atoms with Crippen molar-refractivity contribution in [1.29, 1.82) is 0 Å². The maximum atomic E-state index is 13.3. The molecule has 0 radical (unpaired) electrons. The zero-order valence-corrected chi connectivity index (χ0v) is 14.2. The summed E-state index contributed by atoms with van der Waals surface area (Å²) in [6.45, 7) is 0.507. The molecule has 4 bridgehead atoms. The number of allylic oxidation sites excluding steroid dienone is 2. The van der Waals surface area contributed by atoms with E-state index in [2.05, 4.69) is 21.6 Å². The molecular weight excluding hydrogens is 359 g/mol. The number of rotatable bonds is 5. The van der Waals surface area contributed by atoms with Gasteiger partial charge in [0.15, 0.2) is 0 Å². The number of carbonyl (C=O) groups excluding carboxylic acids is 1. The van der Waals surface area contributed by atoms with Crippen molar-refractivity contribution >= 4 is 5.97 Å². The summed E-state index contributed by atoms with van der Waals surface area (Å²) in [4.78, 5) is 12.5. The smallest absolute Gasteiger partial charge is 0.418 e. The second-order valence-electron chi connectivity index (χ2n) is 7.92. The predicted octanol–water partition coefficient (Wildman–Crippen LogP) is 4.18. The van der Waals surface area contributed by atoms with Gasteiger partial charge in [-0.3, -0.25) is 4.79 Å². The lowest BCUT2D eigenvalue weighted by Crippen LogP contribution is -2.57. The average Bonchev–Trinajstić information content (AvgIpc) is 3.30. The molecule has 0 aromatic carbocycles. The number of hydrogen-bond donors (Lipinski definition) is 0. The molecule has 0 aliphatic heterocycles. The third-order valence-corrected chi connectivity index (χ3v) is 6.87. The van der Waals surface area contributed by atoms with Gasteiger partial charge >= 0.3 is 24.4 Å². The van der Waals surface area contributed by atoms with Gasteiger partial charge in [-0.15, -0.1) is 0 Å². The van der Waals surface area contributed by atoms with E-state index in [1.807, 2.05) is 0 Å². The molecule has 3 saturated carbocycles. The Morgan fingerprint density at radius 1 is 1.12 bits per heavy atom. The molecule has 4 aliphatic carbocycles. The fourth-order valence-electron chi connectivity index (χ4n) is 6.13. The van der Waals surface area contributed by atoms with Crippen molar-refractivity contribution in [2.45, 2.75) is 44.6 Å². The van der Waals surface area contributed by atoms with Crippen molar-refractivity contribution in [2.24, 2.45) is 41.4 Å². The van der Waals surface area contributed by atoms with Gasteiger partial charge in [-0.05, 0) is 61.7 Å². The Morgan fingerprint density at radius 2 is 1.77 bits per heavy atom. The molecule has 4 aliphatic rings. The molecule has 8 atom stereocenters. The van der Waals surface area contributed by atoms with Gasteiger partial charge in [0.1, 0.15) is 0 Å². The normalized spacial score (nSPS) is 42.3. The lowest BCUT2D eigenvalue weighted by Gasteiger charge is -2.38. The Balaban J connectivity index is 1.54. The van der Waals surface area contributed by atoms with E-state index in [0.717, 1.165) is 19.8 Å². The Labute approximate surface area is 147 Å². The van der Waals surface area contributed by atoms with Gasteiger partial charge in [-0.25, -0.2) is 8.78 Å². The fraction of sp³-hybridized carbons (Fsp3) is 0.833. The third-order valence-electron chi connectivity index (χ3n) is 6.87. The van der Waals surface area contributed by atoms with Crippen LogP contribution < -0.4 is 0 Å². The first kappa shape index (κ1) is 18.2. The second-order valence-corrected chi connectivity index (χ2v) is 7.92.